The van der Waals surface area contributed by atoms with Gasteiger partial charge in [-0.15, -0.1) is 0 Å². The number of anilines is 1. The van der Waals surface area contributed by atoms with E-state index >= 15 is 0 Å². The van der Waals surface area contributed by atoms with Crippen molar-refractivity contribution in [3.05, 3.63) is 51.7 Å². The van der Waals surface area contributed by atoms with Crippen LogP contribution in [0.25, 0.3) is 0 Å². The van der Waals surface area contributed by atoms with E-state index in [-0.39, 0.29) is 11.4 Å². The van der Waals surface area contributed by atoms with Gasteiger partial charge in [-0.05, 0) is 47.4 Å². The molecule has 1 aromatic heterocycles. The molecule has 0 aliphatic heterocycles. The van der Waals surface area contributed by atoms with Crippen molar-refractivity contribution >= 4 is 34.7 Å². The zero-order valence-electron chi connectivity index (χ0n) is 10.9. The van der Waals surface area contributed by atoms with E-state index in [9.17, 15) is 4.79 Å². The SMILES string of the molecule is O=C(NCC1(c2ccsc2)CC1)Nc1ccccc1Cl. The number of amides is 2. The van der Waals surface area contributed by atoms with Crippen molar-refractivity contribution in [2.45, 2.75) is 18.3 Å². The summed E-state index contributed by atoms with van der Waals surface area (Å²) in [7, 11) is 0. The summed E-state index contributed by atoms with van der Waals surface area (Å²) >= 11 is 7.71. The van der Waals surface area contributed by atoms with Crippen molar-refractivity contribution in [1.82, 2.24) is 5.32 Å². The van der Waals surface area contributed by atoms with Gasteiger partial charge < -0.3 is 10.6 Å². The first-order valence-corrected chi connectivity index (χ1v) is 7.84. The molecular weight excluding hydrogens is 292 g/mol. The Morgan fingerprint density at radius 1 is 1.30 bits per heavy atom. The van der Waals surface area contributed by atoms with Gasteiger partial charge in [0.15, 0.2) is 0 Å². The Morgan fingerprint density at radius 2 is 2.10 bits per heavy atom. The standard InChI is InChI=1S/C15H15ClN2OS/c16-12-3-1-2-4-13(12)18-14(19)17-10-15(6-7-15)11-5-8-20-9-11/h1-5,8-9H,6-7,10H2,(H2,17,18,19). The molecule has 3 nitrogen and oxygen atoms in total. The molecule has 0 atom stereocenters. The normalized spacial score (nSPS) is 15.7. The summed E-state index contributed by atoms with van der Waals surface area (Å²) in [6, 6.07) is 9.15. The lowest BCUT2D eigenvalue weighted by Gasteiger charge is -2.15. The molecule has 0 unspecified atom stereocenters. The Labute approximate surface area is 127 Å². The predicted molar refractivity (Wildman–Crippen MR) is 83.7 cm³/mol. The third-order valence-corrected chi connectivity index (χ3v) is 4.71. The molecule has 20 heavy (non-hydrogen) atoms. The molecule has 3 rings (SSSR count). The van der Waals surface area contributed by atoms with Crippen LogP contribution < -0.4 is 10.6 Å². The van der Waals surface area contributed by atoms with E-state index in [0.29, 0.717) is 17.3 Å². The van der Waals surface area contributed by atoms with Crippen LogP contribution in [0.3, 0.4) is 0 Å². The molecular formula is C15H15ClN2OS. The zero-order chi connectivity index (χ0) is 14.0. The van der Waals surface area contributed by atoms with Crippen molar-refractivity contribution in [2.75, 3.05) is 11.9 Å². The smallest absolute Gasteiger partial charge is 0.319 e. The van der Waals surface area contributed by atoms with Crippen LogP contribution in [0.1, 0.15) is 18.4 Å². The average molecular weight is 307 g/mol. The molecule has 0 saturated heterocycles. The van der Waals surface area contributed by atoms with Gasteiger partial charge in [0, 0.05) is 12.0 Å². The minimum absolute atomic E-state index is 0.151. The van der Waals surface area contributed by atoms with E-state index in [4.69, 9.17) is 11.6 Å². The van der Waals surface area contributed by atoms with Gasteiger partial charge in [-0.1, -0.05) is 23.7 Å². The van der Waals surface area contributed by atoms with Gasteiger partial charge >= 0.3 is 6.03 Å². The number of rotatable bonds is 4. The number of carbonyl (C=O) groups excluding carboxylic acids is 1. The van der Waals surface area contributed by atoms with Crippen molar-refractivity contribution < 1.29 is 4.79 Å². The number of thiophene rings is 1. The van der Waals surface area contributed by atoms with E-state index < -0.39 is 0 Å². The van der Waals surface area contributed by atoms with Gasteiger partial charge in [-0.2, -0.15) is 11.3 Å². The summed E-state index contributed by atoms with van der Waals surface area (Å²) in [6.45, 7) is 0.667. The summed E-state index contributed by atoms with van der Waals surface area (Å²) in [5, 5.41) is 10.5. The van der Waals surface area contributed by atoms with Crippen LogP contribution in [0.2, 0.25) is 5.02 Å². The summed E-state index contributed by atoms with van der Waals surface area (Å²) in [4.78, 5) is 11.9. The van der Waals surface area contributed by atoms with Crippen LogP contribution in [-0.4, -0.2) is 12.6 Å². The largest absolute Gasteiger partial charge is 0.337 e. The Morgan fingerprint density at radius 3 is 2.75 bits per heavy atom. The molecule has 2 aromatic rings. The highest BCUT2D eigenvalue weighted by Crippen LogP contribution is 2.48. The summed E-state index contributed by atoms with van der Waals surface area (Å²) in [5.41, 5.74) is 2.12. The van der Waals surface area contributed by atoms with Crippen LogP contribution >= 0.6 is 22.9 Å². The van der Waals surface area contributed by atoms with Crippen molar-refractivity contribution in [3.63, 3.8) is 0 Å². The van der Waals surface area contributed by atoms with Crippen molar-refractivity contribution in [3.8, 4) is 0 Å². The topological polar surface area (TPSA) is 41.1 Å². The number of carbonyl (C=O) groups is 1. The molecule has 0 radical (unpaired) electrons. The summed E-state index contributed by atoms with van der Waals surface area (Å²) < 4.78 is 0. The Kier molecular flexibility index (Phi) is 3.68. The molecule has 1 aliphatic carbocycles. The molecule has 1 aromatic carbocycles. The minimum Gasteiger partial charge on any atom is -0.337 e. The maximum Gasteiger partial charge on any atom is 0.319 e. The van der Waals surface area contributed by atoms with Crippen LogP contribution in [0.4, 0.5) is 10.5 Å². The summed E-state index contributed by atoms with van der Waals surface area (Å²) in [6.07, 6.45) is 2.27. The van der Waals surface area contributed by atoms with E-state index in [1.807, 2.05) is 12.1 Å². The average Bonchev–Trinajstić information content (AvgIpc) is 3.03. The van der Waals surface area contributed by atoms with E-state index in [0.717, 1.165) is 12.8 Å². The molecule has 1 saturated carbocycles. The number of nitrogens with one attached hydrogen (secondary N) is 2. The quantitative estimate of drug-likeness (QED) is 0.871. The number of para-hydroxylation sites is 1. The number of hydrogen-bond acceptors (Lipinski definition) is 2. The monoisotopic (exact) mass is 306 g/mol. The van der Waals surface area contributed by atoms with Crippen molar-refractivity contribution in [1.29, 1.82) is 0 Å². The van der Waals surface area contributed by atoms with Crippen molar-refractivity contribution in [2.24, 2.45) is 0 Å². The molecule has 5 heteroatoms. The number of urea groups is 1. The fraction of sp³-hybridized carbons (Fsp3) is 0.267. The molecule has 0 bridgehead atoms. The lowest BCUT2D eigenvalue weighted by Crippen LogP contribution is -2.35. The second kappa shape index (κ2) is 5.46. The second-order valence-corrected chi connectivity index (χ2v) is 6.27. The van der Waals surface area contributed by atoms with Crippen LogP contribution in [-0.2, 0) is 5.41 Å². The Balaban J connectivity index is 1.57. The molecule has 104 valence electrons. The molecule has 2 N–H and O–H groups in total. The number of hydrogen-bond donors (Lipinski definition) is 2. The van der Waals surface area contributed by atoms with E-state index in [1.165, 1.54) is 5.56 Å². The van der Waals surface area contributed by atoms with Gasteiger partial charge in [-0.25, -0.2) is 4.79 Å². The highest BCUT2D eigenvalue weighted by atomic mass is 35.5. The first-order chi connectivity index (χ1) is 9.70. The lowest BCUT2D eigenvalue weighted by atomic mass is 9.99. The number of halogens is 1. The lowest BCUT2D eigenvalue weighted by molar-refractivity contribution is 0.251. The fourth-order valence-electron chi connectivity index (χ4n) is 2.26. The van der Waals surface area contributed by atoms with E-state index in [2.05, 4.69) is 27.5 Å². The minimum atomic E-state index is -0.209. The van der Waals surface area contributed by atoms with E-state index in [1.54, 1.807) is 23.5 Å². The fourth-order valence-corrected chi connectivity index (χ4v) is 3.23. The molecule has 1 fully saturated rings. The first kappa shape index (κ1) is 13.5. The highest BCUT2D eigenvalue weighted by molar-refractivity contribution is 7.08. The molecule has 1 aliphatic rings. The van der Waals surface area contributed by atoms with Gasteiger partial charge in [0.05, 0.1) is 10.7 Å². The Hall–Kier alpha value is -1.52. The van der Waals surface area contributed by atoms with Gasteiger partial charge in [0.2, 0.25) is 0 Å². The summed E-state index contributed by atoms with van der Waals surface area (Å²) in [5.74, 6) is 0. The third-order valence-electron chi connectivity index (χ3n) is 3.70. The van der Waals surface area contributed by atoms with Gasteiger partial charge in [0.1, 0.15) is 0 Å². The third kappa shape index (κ3) is 2.81. The maximum absolute atomic E-state index is 11.9. The molecule has 2 amide bonds. The molecule has 0 spiro atoms. The van der Waals surface area contributed by atoms with Gasteiger partial charge in [-0.3, -0.25) is 0 Å². The Bertz CT molecular complexity index is 608. The van der Waals surface area contributed by atoms with Crippen LogP contribution in [0.5, 0.6) is 0 Å². The highest BCUT2D eigenvalue weighted by Gasteiger charge is 2.44. The second-order valence-electron chi connectivity index (χ2n) is 5.08. The van der Waals surface area contributed by atoms with Crippen LogP contribution in [0.15, 0.2) is 41.1 Å². The molecule has 1 heterocycles. The van der Waals surface area contributed by atoms with Gasteiger partial charge in [0.25, 0.3) is 0 Å². The number of benzene rings is 1. The zero-order valence-corrected chi connectivity index (χ0v) is 12.4. The predicted octanol–water partition coefficient (Wildman–Crippen LogP) is 4.25. The van der Waals surface area contributed by atoms with Crippen LogP contribution in [0, 0.1) is 0 Å². The maximum atomic E-state index is 11.9. The first-order valence-electron chi connectivity index (χ1n) is 6.52.